The van der Waals surface area contributed by atoms with Gasteiger partial charge >= 0.3 is 0 Å². The van der Waals surface area contributed by atoms with E-state index in [0.29, 0.717) is 18.2 Å². The van der Waals surface area contributed by atoms with Crippen LogP contribution in [0.25, 0.3) is 0 Å². The molecule has 1 aromatic heterocycles. The number of nitrogens with one attached hydrogen (secondary N) is 2. The molecule has 23 heavy (non-hydrogen) atoms. The van der Waals surface area contributed by atoms with Gasteiger partial charge in [-0.15, -0.1) is 0 Å². The SMILES string of the molecule is CCCCNC(=O)c1cc(C)nc(NCCc2ccccc2)n1. The van der Waals surface area contributed by atoms with Crippen molar-refractivity contribution in [1.82, 2.24) is 15.3 Å². The van der Waals surface area contributed by atoms with Gasteiger partial charge in [-0.1, -0.05) is 43.7 Å². The zero-order valence-corrected chi connectivity index (χ0v) is 13.8. The van der Waals surface area contributed by atoms with Crippen molar-refractivity contribution in [2.75, 3.05) is 18.4 Å². The maximum absolute atomic E-state index is 12.1. The number of aromatic nitrogens is 2. The zero-order valence-electron chi connectivity index (χ0n) is 13.8. The molecule has 0 atom stereocenters. The summed E-state index contributed by atoms with van der Waals surface area (Å²) in [6, 6.07) is 11.9. The third kappa shape index (κ3) is 5.70. The van der Waals surface area contributed by atoms with Crippen molar-refractivity contribution in [1.29, 1.82) is 0 Å². The molecule has 0 saturated heterocycles. The van der Waals surface area contributed by atoms with E-state index in [9.17, 15) is 4.79 Å². The van der Waals surface area contributed by atoms with Crippen molar-refractivity contribution in [3.05, 3.63) is 53.3 Å². The Labute approximate surface area is 137 Å². The summed E-state index contributed by atoms with van der Waals surface area (Å²) in [6.07, 6.45) is 2.91. The number of rotatable bonds is 8. The zero-order chi connectivity index (χ0) is 16.5. The standard InChI is InChI=1S/C18H24N4O/c1-3-4-11-19-17(23)16-13-14(2)21-18(22-16)20-12-10-15-8-6-5-7-9-15/h5-9,13H,3-4,10-12H2,1-2H3,(H,19,23)(H,20,21,22). The number of carbonyl (C=O) groups is 1. The number of anilines is 1. The molecule has 0 aliphatic rings. The second kappa shape index (κ2) is 8.88. The third-order valence-electron chi connectivity index (χ3n) is 3.44. The van der Waals surface area contributed by atoms with Gasteiger partial charge in [0.05, 0.1) is 0 Å². The summed E-state index contributed by atoms with van der Waals surface area (Å²) in [6.45, 7) is 5.36. The summed E-state index contributed by atoms with van der Waals surface area (Å²) < 4.78 is 0. The quantitative estimate of drug-likeness (QED) is 0.735. The number of hydrogen-bond donors (Lipinski definition) is 2. The number of nitrogens with zero attached hydrogens (tertiary/aromatic N) is 2. The normalized spacial score (nSPS) is 10.3. The molecule has 1 amide bonds. The van der Waals surface area contributed by atoms with Crippen molar-refractivity contribution >= 4 is 11.9 Å². The average molecular weight is 312 g/mol. The number of benzene rings is 1. The van der Waals surface area contributed by atoms with E-state index in [1.54, 1.807) is 6.07 Å². The van der Waals surface area contributed by atoms with E-state index in [-0.39, 0.29) is 5.91 Å². The molecule has 0 fully saturated rings. The van der Waals surface area contributed by atoms with Gasteiger partial charge in [0, 0.05) is 18.8 Å². The van der Waals surface area contributed by atoms with Gasteiger partial charge in [-0.05, 0) is 31.4 Å². The van der Waals surface area contributed by atoms with Gasteiger partial charge in [0.2, 0.25) is 5.95 Å². The van der Waals surface area contributed by atoms with Crippen LogP contribution in [-0.4, -0.2) is 29.0 Å². The Morgan fingerprint density at radius 1 is 1.13 bits per heavy atom. The summed E-state index contributed by atoms with van der Waals surface area (Å²) in [7, 11) is 0. The largest absolute Gasteiger partial charge is 0.354 e. The minimum atomic E-state index is -0.143. The van der Waals surface area contributed by atoms with Crippen LogP contribution in [0, 0.1) is 6.92 Å². The lowest BCUT2D eigenvalue weighted by Crippen LogP contribution is -2.26. The highest BCUT2D eigenvalue weighted by Gasteiger charge is 2.09. The Morgan fingerprint density at radius 2 is 1.91 bits per heavy atom. The van der Waals surface area contributed by atoms with Crippen LogP contribution in [-0.2, 0) is 6.42 Å². The van der Waals surface area contributed by atoms with Crippen molar-refractivity contribution in [3.63, 3.8) is 0 Å². The van der Waals surface area contributed by atoms with Crippen molar-refractivity contribution < 1.29 is 4.79 Å². The predicted octanol–water partition coefficient (Wildman–Crippen LogP) is 2.97. The first kappa shape index (κ1) is 16.9. The van der Waals surface area contributed by atoms with Crippen LogP contribution in [0.4, 0.5) is 5.95 Å². The van der Waals surface area contributed by atoms with Crippen LogP contribution in [0.3, 0.4) is 0 Å². The molecule has 1 aromatic carbocycles. The van der Waals surface area contributed by atoms with Crippen LogP contribution >= 0.6 is 0 Å². The molecule has 2 aromatic rings. The minimum Gasteiger partial charge on any atom is -0.354 e. The topological polar surface area (TPSA) is 66.9 Å². The summed E-state index contributed by atoms with van der Waals surface area (Å²) in [4.78, 5) is 20.7. The molecule has 5 nitrogen and oxygen atoms in total. The monoisotopic (exact) mass is 312 g/mol. The molecule has 0 bridgehead atoms. The van der Waals surface area contributed by atoms with Crippen molar-refractivity contribution in [2.24, 2.45) is 0 Å². The summed E-state index contributed by atoms with van der Waals surface area (Å²) in [5.41, 5.74) is 2.45. The van der Waals surface area contributed by atoms with E-state index in [2.05, 4.69) is 39.7 Å². The lowest BCUT2D eigenvalue weighted by Gasteiger charge is -2.09. The maximum atomic E-state index is 12.1. The second-order valence-electron chi connectivity index (χ2n) is 5.49. The van der Waals surface area contributed by atoms with Gasteiger partial charge in [0.1, 0.15) is 5.69 Å². The molecule has 122 valence electrons. The van der Waals surface area contributed by atoms with Gasteiger partial charge in [-0.2, -0.15) is 0 Å². The lowest BCUT2D eigenvalue weighted by atomic mass is 10.1. The Kier molecular flexibility index (Phi) is 6.54. The number of carbonyl (C=O) groups excluding carboxylic acids is 1. The molecule has 2 rings (SSSR count). The summed E-state index contributed by atoms with van der Waals surface area (Å²) >= 11 is 0. The first-order chi connectivity index (χ1) is 11.2. The van der Waals surface area contributed by atoms with Crippen LogP contribution < -0.4 is 10.6 Å². The highest BCUT2D eigenvalue weighted by atomic mass is 16.1. The maximum Gasteiger partial charge on any atom is 0.270 e. The summed E-state index contributed by atoms with van der Waals surface area (Å²) in [5, 5.41) is 6.07. The fourth-order valence-corrected chi connectivity index (χ4v) is 2.20. The van der Waals surface area contributed by atoms with Gasteiger partial charge < -0.3 is 10.6 Å². The Morgan fingerprint density at radius 3 is 2.65 bits per heavy atom. The van der Waals surface area contributed by atoms with Crippen LogP contribution in [0.5, 0.6) is 0 Å². The number of hydrogen-bond acceptors (Lipinski definition) is 4. The second-order valence-corrected chi connectivity index (χ2v) is 5.49. The van der Waals surface area contributed by atoms with E-state index < -0.39 is 0 Å². The van der Waals surface area contributed by atoms with Gasteiger partial charge in [0.15, 0.2) is 0 Å². The first-order valence-corrected chi connectivity index (χ1v) is 8.10. The fourth-order valence-electron chi connectivity index (χ4n) is 2.20. The smallest absolute Gasteiger partial charge is 0.270 e. The molecule has 2 N–H and O–H groups in total. The molecule has 0 saturated carbocycles. The highest BCUT2D eigenvalue weighted by molar-refractivity contribution is 5.92. The van der Waals surface area contributed by atoms with E-state index in [0.717, 1.165) is 31.5 Å². The Balaban J connectivity index is 1.92. The van der Waals surface area contributed by atoms with Gasteiger partial charge in [0.25, 0.3) is 5.91 Å². The van der Waals surface area contributed by atoms with E-state index in [1.165, 1.54) is 5.56 Å². The average Bonchev–Trinajstić information content (AvgIpc) is 2.55. The molecule has 0 aliphatic heterocycles. The summed E-state index contributed by atoms with van der Waals surface area (Å²) in [5.74, 6) is 0.358. The van der Waals surface area contributed by atoms with E-state index >= 15 is 0 Å². The predicted molar refractivity (Wildman–Crippen MR) is 92.6 cm³/mol. The van der Waals surface area contributed by atoms with E-state index in [1.807, 2.05) is 25.1 Å². The van der Waals surface area contributed by atoms with Crippen LogP contribution in [0.1, 0.15) is 41.5 Å². The number of unbranched alkanes of at least 4 members (excludes halogenated alkanes) is 1. The molecular weight excluding hydrogens is 288 g/mol. The molecule has 1 heterocycles. The molecule has 0 spiro atoms. The number of amides is 1. The molecular formula is C18H24N4O. The van der Waals surface area contributed by atoms with Gasteiger partial charge in [-0.3, -0.25) is 4.79 Å². The third-order valence-corrected chi connectivity index (χ3v) is 3.44. The molecule has 0 unspecified atom stereocenters. The Hall–Kier alpha value is -2.43. The fraction of sp³-hybridized carbons (Fsp3) is 0.389. The molecule has 0 radical (unpaired) electrons. The highest BCUT2D eigenvalue weighted by Crippen LogP contribution is 2.06. The minimum absolute atomic E-state index is 0.143. The van der Waals surface area contributed by atoms with Crippen molar-refractivity contribution in [2.45, 2.75) is 33.1 Å². The van der Waals surface area contributed by atoms with E-state index in [4.69, 9.17) is 0 Å². The van der Waals surface area contributed by atoms with Crippen molar-refractivity contribution in [3.8, 4) is 0 Å². The Bertz CT molecular complexity index is 628. The first-order valence-electron chi connectivity index (χ1n) is 8.10. The number of aryl methyl sites for hydroxylation is 1. The molecule has 5 heteroatoms. The molecule has 0 aliphatic carbocycles. The lowest BCUT2D eigenvalue weighted by molar-refractivity contribution is 0.0948. The van der Waals surface area contributed by atoms with Gasteiger partial charge in [-0.25, -0.2) is 9.97 Å². The van der Waals surface area contributed by atoms with Crippen LogP contribution in [0.2, 0.25) is 0 Å². The van der Waals surface area contributed by atoms with Crippen LogP contribution in [0.15, 0.2) is 36.4 Å².